The van der Waals surface area contributed by atoms with Crippen molar-refractivity contribution in [1.82, 2.24) is 4.90 Å². The summed E-state index contributed by atoms with van der Waals surface area (Å²) in [5.74, 6) is 0.555. The molecule has 22 heavy (non-hydrogen) atoms. The number of rotatable bonds is 3. The molecule has 0 saturated heterocycles. The molecule has 0 amide bonds. The number of fused-ring (bicyclic) bond motifs is 1. The normalized spacial score (nSPS) is 18.1. The highest BCUT2D eigenvalue weighted by atomic mass is 19.1. The highest BCUT2D eigenvalue weighted by Crippen LogP contribution is 2.33. The van der Waals surface area contributed by atoms with Gasteiger partial charge in [-0.1, -0.05) is 24.3 Å². The molecular weight excluding hydrogens is 281 g/mol. The van der Waals surface area contributed by atoms with Gasteiger partial charge < -0.3 is 9.84 Å². The second kappa shape index (κ2) is 6.07. The molecule has 0 aromatic heterocycles. The molecule has 116 valence electrons. The first-order valence-electron chi connectivity index (χ1n) is 7.44. The van der Waals surface area contributed by atoms with E-state index in [4.69, 9.17) is 4.74 Å². The number of aryl methyl sites for hydroxylation is 1. The average Bonchev–Trinajstić information content (AvgIpc) is 2.52. The fraction of sp³-hybridized carbons (Fsp3) is 0.333. The van der Waals surface area contributed by atoms with Gasteiger partial charge in [-0.3, -0.25) is 4.90 Å². The monoisotopic (exact) mass is 301 g/mol. The van der Waals surface area contributed by atoms with Crippen LogP contribution in [-0.2, 0) is 13.0 Å². The molecule has 3 rings (SSSR count). The summed E-state index contributed by atoms with van der Waals surface area (Å²) in [4.78, 5) is 1.90. The average molecular weight is 301 g/mol. The van der Waals surface area contributed by atoms with Crippen molar-refractivity contribution in [3.63, 3.8) is 0 Å². The maximum atomic E-state index is 13.6. The second-order valence-corrected chi connectivity index (χ2v) is 5.80. The molecular formula is C18H20FNO2. The zero-order chi connectivity index (χ0) is 15.7. The van der Waals surface area contributed by atoms with Gasteiger partial charge in [0.15, 0.2) is 0 Å². The van der Waals surface area contributed by atoms with Crippen LogP contribution in [0.15, 0.2) is 36.4 Å². The lowest BCUT2D eigenvalue weighted by Crippen LogP contribution is -2.32. The van der Waals surface area contributed by atoms with Gasteiger partial charge in [-0.25, -0.2) is 4.39 Å². The van der Waals surface area contributed by atoms with E-state index in [1.165, 1.54) is 6.07 Å². The molecule has 0 fully saturated rings. The third kappa shape index (κ3) is 2.85. The predicted octanol–water partition coefficient (Wildman–Crippen LogP) is 3.19. The molecule has 1 atom stereocenters. The first-order chi connectivity index (χ1) is 10.6. The van der Waals surface area contributed by atoms with Gasteiger partial charge in [-0.05, 0) is 43.7 Å². The van der Waals surface area contributed by atoms with Crippen LogP contribution in [-0.4, -0.2) is 23.6 Å². The van der Waals surface area contributed by atoms with E-state index in [0.717, 1.165) is 35.4 Å². The van der Waals surface area contributed by atoms with Crippen LogP contribution in [0.3, 0.4) is 0 Å². The lowest BCUT2D eigenvalue weighted by Gasteiger charge is -2.31. The van der Waals surface area contributed by atoms with Crippen LogP contribution < -0.4 is 4.74 Å². The lowest BCUT2D eigenvalue weighted by molar-refractivity contribution is 0.0121. The molecule has 0 aliphatic carbocycles. The maximum Gasteiger partial charge on any atom is 0.133 e. The summed E-state index contributed by atoms with van der Waals surface area (Å²) in [6.07, 6.45) is 0.241. The van der Waals surface area contributed by atoms with Crippen LogP contribution in [0.2, 0.25) is 0 Å². The van der Waals surface area contributed by atoms with Crippen molar-refractivity contribution in [2.45, 2.75) is 26.2 Å². The standard InChI is InChI=1S/C18H20FNO2/c1-12-6-7-13(10-16(12)19)11-22-17-5-3-4-15-14(17)8-9-20(2)18(15)21/h3-7,10,18,21H,8-9,11H2,1-2H3. The van der Waals surface area contributed by atoms with E-state index in [2.05, 4.69) is 0 Å². The molecule has 2 aromatic rings. The van der Waals surface area contributed by atoms with Crippen LogP contribution >= 0.6 is 0 Å². The molecule has 4 heteroatoms. The minimum absolute atomic E-state index is 0.215. The van der Waals surface area contributed by atoms with E-state index in [1.54, 1.807) is 13.0 Å². The number of benzene rings is 2. The summed E-state index contributed by atoms with van der Waals surface area (Å²) in [6.45, 7) is 2.85. The summed E-state index contributed by atoms with van der Waals surface area (Å²) in [6, 6.07) is 10.8. The van der Waals surface area contributed by atoms with Crippen LogP contribution in [0.25, 0.3) is 0 Å². The van der Waals surface area contributed by atoms with Gasteiger partial charge in [0.2, 0.25) is 0 Å². The summed E-state index contributed by atoms with van der Waals surface area (Å²) in [7, 11) is 1.90. The Bertz CT molecular complexity index is 687. The van der Waals surface area contributed by atoms with Crippen LogP contribution in [0.4, 0.5) is 4.39 Å². The first kappa shape index (κ1) is 15.0. The maximum absolute atomic E-state index is 13.6. The number of halogens is 1. The van der Waals surface area contributed by atoms with Gasteiger partial charge in [0.25, 0.3) is 0 Å². The van der Waals surface area contributed by atoms with Gasteiger partial charge >= 0.3 is 0 Å². The summed E-state index contributed by atoms with van der Waals surface area (Å²) in [5.41, 5.74) is 3.36. The van der Waals surface area contributed by atoms with Gasteiger partial charge in [-0.2, -0.15) is 0 Å². The van der Waals surface area contributed by atoms with Crippen molar-refractivity contribution >= 4 is 0 Å². The lowest BCUT2D eigenvalue weighted by atomic mass is 9.97. The van der Waals surface area contributed by atoms with Crippen LogP contribution in [0, 0.1) is 12.7 Å². The number of likely N-dealkylation sites (N-methyl/N-ethyl adjacent to an activating group) is 1. The van der Waals surface area contributed by atoms with Crippen molar-refractivity contribution in [2.24, 2.45) is 0 Å². The summed E-state index contributed by atoms with van der Waals surface area (Å²) < 4.78 is 19.5. The second-order valence-electron chi connectivity index (χ2n) is 5.80. The molecule has 1 unspecified atom stereocenters. The molecule has 3 nitrogen and oxygen atoms in total. The zero-order valence-electron chi connectivity index (χ0n) is 12.8. The van der Waals surface area contributed by atoms with Gasteiger partial charge in [0, 0.05) is 17.7 Å². The molecule has 1 aliphatic heterocycles. The molecule has 1 N–H and O–H groups in total. The Balaban J connectivity index is 1.80. The largest absolute Gasteiger partial charge is 0.489 e. The molecule has 0 saturated carbocycles. The van der Waals surface area contributed by atoms with Gasteiger partial charge in [0.1, 0.15) is 24.4 Å². The quantitative estimate of drug-likeness (QED) is 0.945. The fourth-order valence-electron chi connectivity index (χ4n) is 2.76. The van der Waals surface area contributed by atoms with Crippen molar-refractivity contribution in [3.8, 4) is 5.75 Å². The minimum Gasteiger partial charge on any atom is -0.489 e. The Kier molecular flexibility index (Phi) is 4.14. The highest BCUT2D eigenvalue weighted by molar-refractivity contribution is 5.43. The van der Waals surface area contributed by atoms with E-state index < -0.39 is 6.23 Å². The number of nitrogens with zero attached hydrogens (tertiary/aromatic N) is 1. The van der Waals surface area contributed by atoms with Crippen LogP contribution in [0.1, 0.15) is 28.5 Å². The van der Waals surface area contributed by atoms with Gasteiger partial charge in [0.05, 0.1) is 0 Å². The van der Waals surface area contributed by atoms with E-state index in [9.17, 15) is 9.50 Å². The van der Waals surface area contributed by atoms with E-state index >= 15 is 0 Å². The molecule has 0 radical (unpaired) electrons. The molecule has 2 aromatic carbocycles. The van der Waals surface area contributed by atoms with E-state index in [1.807, 2.05) is 36.2 Å². The van der Waals surface area contributed by atoms with Crippen LogP contribution in [0.5, 0.6) is 5.75 Å². The number of aliphatic hydroxyl groups is 1. The molecule has 0 spiro atoms. The molecule has 0 bridgehead atoms. The number of ether oxygens (including phenoxy) is 1. The fourth-order valence-corrected chi connectivity index (χ4v) is 2.76. The Labute approximate surface area is 130 Å². The van der Waals surface area contributed by atoms with E-state index in [-0.39, 0.29) is 5.82 Å². The predicted molar refractivity (Wildman–Crippen MR) is 83.2 cm³/mol. The first-order valence-corrected chi connectivity index (χ1v) is 7.44. The Hall–Kier alpha value is -1.91. The van der Waals surface area contributed by atoms with E-state index in [0.29, 0.717) is 12.2 Å². The summed E-state index contributed by atoms with van der Waals surface area (Å²) in [5, 5.41) is 10.2. The minimum atomic E-state index is -0.593. The molecule has 1 aliphatic rings. The topological polar surface area (TPSA) is 32.7 Å². The Morgan fingerprint density at radius 2 is 2.14 bits per heavy atom. The smallest absolute Gasteiger partial charge is 0.133 e. The van der Waals surface area contributed by atoms with Crippen molar-refractivity contribution < 1.29 is 14.2 Å². The molecule has 1 heterocycles. The Morgan fingerprint density at radius 3 is 2.91 bits per heavy atom. The van der Waals surface area contributed by atoms with Crippen molar-refractivity contribution in [3.05, 3.63) is 64.5 Å². The van der Waals surface area contributed by atoms with Gasteiger partial charge in [-0.15, -0.1) is 0 Å². The van der Waals surface area contributed by atoms with Crippen molar-refractivity contribution in [2.75, 3.05) is 13.6 Å². The zero-order valence-corrected chi connectivity index (χ0v) is 12.8. The van der Waals surface area contributed by atoms with Crippen molar-refractivity contribution in [1.29, 1.82) is 0 Å². The Morgan fingerprint density at radius 1 is 1.32 bits per heavy atom. The highest BCUT2D eigenvalue weighted by Gasteiger charge is 2.24. The summed E-state index contributed by atoms with van der Waals surface area (Å²) >= 11 is 0. The number of hydrogen-bond acceptors (Lipinski definition) is 3. The number of aliphatic hydroxyl groups excluding tert-OH is 1. The number of hydrogen-bond donors (Lipinski definition) is 1. The third-order valence-electron chi connectivity index (χ3n) is 4.21. The SMILES string of the molecule is Cc1ccc(COc2cccc3c2CCN(C)C3O)cc1F. The third-order valence-corrected chi connectivity index (χ3v) is 4.21.